The van der Waals surface area contributed by atoms with E-state index in [9.17, 15) is 0 Å². The summed E-state index contributed by atoms with van der Waals surface area (Å²) in [5, 5.41) is 0. The van der Waals surface area contributed by atoms with Gasteiger partial charge in [0.1, 0.15) is 4.99 Å². The molecule has 1 saturated heterocycles. The van der Waals surface area contributed by atoms with Gasteiger partial charge in [-0.05, 0) is 30.6 Å². The molecule has 5 heteroatoms. The molecule has 98 valence electrons. The van der Waals surface area contributed by atoms with E-state index in [-0.39, 0.29) is 0 Å². The summed E-state index contributed by atoms with van der Waals surface area (Å²) in [5.41, 5.74) is 8.18. The zero-order valence-electron chi connectivity index (χ0n) is 10.5. The lowest BCUT2D eigenvalue weighted by molar-refractivity contribution is 0.814. The summed E-state index contributed by atoms with van der Waals surface area (Å²) in [6.07, 6.45) is 3.30. The highest BCUT2D eigenvalue weighted by molar-refractivity contribution is 7.99. The smallest absolute Gasteiger partial charge is 0.107 e. The summed E-state index contributed by atoms with van der Waals surface area (Å²) >= 11 is 8.97. The fraction of sp³-hybridized carbons (Fsp3) is 0.462. The largest absolute Gasteiger partial charge is 0.389 e. The first-order chi connectivity index (χ1) is 8.74. The molecule has 0 aliphatic carbocycles. The lowest BCUT2D eigenvalue weighted by Gasteiger charge is -2.26. The van der Waals surface area contributed by atoms with E-state index >= 15 is 0 Å². The molecule has 1 aromatic rings. The number of anilines is 1. The third-order valence-electron chi connectivity index (χ3n) is 3.03. The van der Waals surface area contributed by atoms with Gasteiger partial charge in [-0.2, -0.15) is 11.8 Å². The number of hydrogen-bond acceptors (Lipinski definition) is 4. The highest BCUT2D eigenvalue weighted by Crippen LogP contribution is 2.30. The van der Waals surface area contributed by atoms with E-state index in [1.165, 1.54) is 28.5 Å². The molecule has 1 fully saturated rings. The van der Waals surface area contributed by atoms with E-state index in [1.54, 1.807) is 11.8 Å². The molecular weight excluding hydrogens is 280 g/mol. The van der Waals surface area contributed by atoms with Crippen molar-refractivity contribution in [1.29, 1.82) is 0 Å². The lowest BCUT2D eigenvalue weighted by Crippen LogP contribution is -2.28. The molecule has 1 heterocycles. The predicted octanol–water partition coefficient (Wildman–Crippen LogP) is 2.99. The molecule has 0 spiro atoms. The van der Waals surface area contributed by atoms with Gasteiger partial charge in [-0.15, -0.1) is 11.8 Å². The highest BCUT2D eigenvalue weighted by Gasteiger charge is 2.17. The van der Waals surface area contributed by atoms with Crippen molar-refractivity contribution in [2.75, 3.05) is 35.8 Å². The van der Waals surface area contributed by atoms with Gasteiger partial charge in [-0.25, -0.2) is 0 Å². The van der Waals surface area contributed by atoms with Crippen molar-refractivity contribution < 1.29 is 0 Å². The Morgan fingerprint density at radius 3 is 2.94 bits per heavy atom. The molecule has 1 aliphatic rings. The van der Waals surface area contributed by atoms with Crippen molar-refractivity contribution in [3.63, 3.8) is 0 Å². The Morgan fingerprint density at radius 1 is 1.39 bits per heavy atom. The van der Waals surface area contributed by atoms with Crippen LogP contribution in [-0.2, 0) is 0 Å². The van der Waals surface area contributed by atoms with E-state index in [4.69, 9.17) is 18.0 Å². The average molecular weight is 299 g/mol. The Bertz CT molecular complexity index is 426. The normalized spacial score (nSPS) is 16.4. The molecule has 2 N–H and O–H groups in total. The zero-order chi connectivity index (χ0) is 13.0. The molecule has 0 atom stereocenters. The lowest BCUT2D eigenvalue weighted by atomic mass is 10.1. The first kappa shape index (κ1) is 14.0. The van der Waals surface area contributed by atoms with Crippen LogP contribution >= 0.6 is 35.7 Å². The predicted molar refractivity (Wildman–Crippen MR) is 88.3 cm³/mol. The number of hydrogen-bond donors (Lipinski definition) is 1. The molecule has 1 aliphatic heterocycles. The highest BCUT2D eigenvalue weighted by atomic mass is 32.2. The quantitative estimate of drug-likeness (QED) is 0.684. The van der Waals surface area contributed by atoms with E-state index in [2.05, 4.69) is 29.4 Å². The molecule has 2 rings (SSSR count). The van der Waals surface area contributed by atoms with Gasteiger partial charge in [-0.1, -0.05) is 18.3 Å². The second kappa shape index (κ2) is 6.68. The third-order valence-corrected chi connectivity index (χ3v) is 5.07. The zero-order valence-corrected chi connectivity index (χ0v) is 13.0. The molecule has 0 saturated carbocycles. The monoisotopic (exact) mass is 298 g/mol. The maximum Gasteiger partial charge on any atom is 0.107 e. The third kappa shape index (κ3) is 3.13. The fourth-order valence-corrected chi connectivity index (χ4v) is 3.99. The summed E-state index contributed by atoms with van der Waals surface area (Å²) in [7, 11) is 0. The summed E-state index contributed by atoms with van der Waals surface area (Å²) in [5.74, 6) is 2.43. The molecule has 0 bridgehead atoms. The number of thioether (sulfide) groups is 2. The fourth-order valence-electron chi connectivity index (χ4n) is 2.19. The second-order valence-electron chi connectivity index (χ2n) is 4.17. The Kier molecular flexibility index (Phi) is 5.21. The molecule has 0 amide bonds. The van der Waals surface area contributed by atoms with Crippen LogP contribution in [0.1, 0.15) is 12.0 Å². The van der Waals surface area contributed by atoms with E-state index in [0.717, 1.165) is 18.7 Å². The summed E-state index contributed by atoms with van der Waals surface area (Å²) in [6.45, 7) is 2.18. The van der Waals surface area contributed by atoms with Gasteiger partial charge in [0.25, 0.3) is 0 Å². The molecular formula is C13H18N2S3. The molecule has 0 unspecified atom stereocenters. The van der Waals surface area contributed by atoms with E-state index < -0.39 is 0 Å². The minimum atomic E-state index is 0.506. The van der Waals surface area contributed by atoms with Crippen molar-refractivity contribution in [2.45, 2.75) is 11.3 Å². The Balaban J connectivity index is 2.38. The van der Waals surface area contributed by atoms with Gasteiger partial charge in [0, 0.05) is 35.0 Å². The molecule has 18 heavy (non-hydrogen) atoms. The van der Waals surface area contributed by atoms with Crippen LogP contribution in [0.4, 0.5) is 5.69 Å². The van der Waals surface area contributed by atoms with Crippen LogP contribution in [0.5, 0.6) is 0 Å². The Hall–Kier alpha value is -0.390. The van der Waals surface area contributed by atoms with Gasteiger partial charge >= 0.3 is 0 Å². The summed E-state index contributed by atoms with van der Waals surface area (Å²) in [6, 6.07) is 6.33. The van der Waals surface area contributed by atoms with E-state index in [0.29, 0.717) is 4.99 Å². The number of nitrogens with zero attached hydrogens (tertiary/aromatic N) is 1. The van der Waals surface area contributed by atoms with Gasteiger partial charge in [0.15, 0.2) is 0 Å². The number of benzene rings is 1. The van der Waals surface area contributed by atoms with Gasteiger partial charge < -0.3 is 10.6 Å². The van der Waals surface area contributed by atoms with Gasteiger partial charge in [0.2, 0.25) is 0 Å². The van der Waals surface area contributed by atoms with Gasteiger partial charge in [-0.3, -0.25) is 0 Å². The SMILES string of the molecule is CSc1cccc(N2CCCSCC2)c1C(N)=S. The number of rotatable bonds is 3. The Labute approximate surface area is 123 Å². The van der Waals surface area contributed by atoms with E-state index in [1.807, 2.05) is 11.8 Å². The van der Waals surface area contributed by atoms with Crippen LogP contribution in [0, 0.1) is 0 Å². The van der Waals surface area contributed by atoms with Gasteiger partial charge in [0.05, 0.1) is 0 Å². The number of thiocarbonyl (C=S) groups is 1. The topological polar surface area (TPSA) is 29.3 Å². The summed E-state index contributed by atoms with van der Waals surface area (Å²) < 4.78 is 0. The van der Waals surface area contributed by atoms with Crippen LogP contribution in [0.15, 0.2) is 23.1 Å². The number of nitrogens with two attached hydrogens (primary N) is 1. The van der Waals surface area contributed by atoms with Crippen molar-refractivity contribution in [3.8, 4) is 0 Å². The van der Waals surface area contributed by atoms with Crippen molar-refractivity contribution in [1.82, 2.24) is 0 Å². The van der Waals surface area contributed by atoms with Crippen LogP contribution in [0.25, 0.3) is 0 Å². The molecule has 1 aromatic carbocycles. The van der Waals surface area contributed by atoms with Crippen molar-refractivity contribution in [2.24, 2.45) is 5.73 Å². The molecule has 2 nitrogen and oxygen atoms in total. The van der Waals surface area contributed by atoms with Crippen LogP contribution < -0.4 is 10.6 Å². The molecule has 0 radical (unpaired) electrons. The van der Waals surface area contributed by atoms with Crippen LogP contribution in [0.2, 0.25) is 0 Å². The van der Waals surface area contributed by atoms with Crippen LogP contribution in [0.3, 0.4) is 0 Å². The standard InChI is InChI=1S/C13H18N2S3/c1-17-11-5-2-4-10(12(11)13(14)16)15-6-3-8-18-9-7-15/h2,4-5H,3,6-9H2,1H3,(H2,14,16). The van der Waals surface area contributed by atoms with Crippen molar-refractivity contribution >= 4 is 46.4 Å². The maximum absolute atomic E-state index is 5.92. The minimum absolute atomic E-state index is 0.506. The first-order valence-electron chi connectivity index (χ1n) is 6.03. The van der Waals surface area contributed by atoms with Crippen LogP contribution in [-0.4, -0.2) is 35.8 Å². The Morgan fingerprint density at radius 2 is 2.22 bits per heavy atom. The average Bonchev–Trinajstić information content (AvgIpc) is 2.66. The molecule has 0 aromatic heterocycles. The second-order valence-corrected chi connectivity index (χ2v) is 6.68. The minimum Gasteiger partial charge on any atom is -0.389 e. The van der Waals surface area contributed by atoms with Crippen molar-refractivity contribution in [3.05, 3.63) is 23.8 Å². The first-order valence-corrected chi connectivity index (χ1v) is 8.82. The summed E-state index contributed by atoms with van der Waals surface area (Å²) in [4.78, 5) is 4.11. The maximum atomic E-state index is 5.92.